The van der Waals surface area contributed by atoms with Gasteiger partial charge in [0, 0.05) is 25.3 Å². The van der Waals surface area contributed by atoms with Crippen molar-refractivity contribution >= 4 is 29.4 Å². The van der Waals surface area contributed by atoms with E-state index >= 15 is 0 Å². The number of anilines is 1. The zero-order valence-electron chi connectivity index (χ0n) is 18.5. The predicted octanol–water partition coefficient (Wildman–Crippen LogP) is 2.19. The highest BCUT2D eigenvalue weighted by Crippen LogP contribution is 2.30. The standard InChI is InChI=1S/C23H26N4O5/c1-5-32-18-12-8-16(9-13-18)23(2)21(30)27(22(31)25-23)14-19(28)24-17-10-6-15(7-11-17)20(29)26(3)4/h6-13H,5,14H2,1-4H3,(H,24,28)(H,25,31). The number of urea groups is 1. The summed E-state index contributed by atoms with van der Waals surface area (Å²) in [4.78, 5) is 52.2. The van der Waals surface area contributed by atoms with E-state index in [0.29, 0.717) is 29.2 Å². The Kier molecular flexibility index (Phi) is 6.47. The first-order valence-corrected chi connectivity index (χ1v) is 10.1. The smallest absolute Gasteiger partial charge is 0.325 e. The molecule has 2 aromatic rings. The average Bonchev–Trinajstić information content (AvgIpc) is 2.98. The molecule has 1 fully saturated rings. The first kappa shape index (κ1) is 22.8. The van der Waals surface area contributed by atoms with Gasteiger partial charge in [0.2, 0.25) is 5.91 Å². The lowest BCUT2D eigenvalue weighted by molar-refractivity contribution is -0.133. The fourth-order valence-electron chi connectivity index (χ4n) is 3.39. The number of nitrogens with zero attached hydrogens (tertiary/aromatic N) is 2. The van der Waals surface area contributed by atoms with Gasteiger partial charge >= 0.3 is 6.03 Å². The molecule has 5 amide bonds. The summed E-state index contributed by atoms with van der Waals surface area (Å²) in [7, 11) is 3.30. The molecule has 168 valence electrons. The molecule has 9 heteroatoms. The van der Waals surface area contributed by atoms with Crippen LogP contribution in [-0.2, 0) is 15.1 Å². The topological polar surface area (TPSA) is 108 Å². The quantitative estimate of drug-likeness (QED) is 0.645. The van der Waals surface area contributed by atoms with Crippen molar-refractivity contribution in [1.29, 1.82) is 0 Å². The zero-order valence-corrected chi connectivity index (χ0v) is 18.5. The van der Waals surface area contributed by atoms with Crippen LogP contribution < -0.4 is 15.4 Å². The summed E-state index contributed by atoms with van der Waals surface area (Å²) in [5, 5.41) is 5.31. The molecule has 1 atom stereocenters. The SMILES string of the molecule is CCOc1ccc(C2(C)NC(=O)N(CC(=O)Nc3ccc(C(=O)N(C)C)cc3)C2=O)cc1. The third-order valence-corrected chi connectivity index (χ3v) is 5.14. The van der Waals surface area contributed by atoms with E-state index in [1.165, 1.54) is 4.90 Å². The number of hydrogen-bond donors (Lipinski definition) is 2. The van der Waals surface area contributed by atoms with Gasteiger partial charge in [-0.25, -0.2) is 4.79 Å². The lowest BCUT2D eigenvalue weighted by atomic mass is 9.92. The number of benzene rings is 2. The number of carbonyl (C=O) groups is 4. The molecule has 0 saturated carbocycles. The molecular weight excluding hydrogens is 412 g/mol. The summed E-state index contributed by atoms with van der Waals surface area (Å²) >= 11 is 0. The van der Waals surface area contributed by atoms with Crippen LogP contribution >= 0.6 is 0 Å². The van der Waals surface area contributed by atoms with Crippen LogP contribution in [0.1, 0.15) is 29.8 Å². The average molecular weight is 438 g/mol. The molecule has 32 heavy (non-hydrogen) atoms. The molecule has 1 unspecified atom stereocenters. The third kappa shape index (κ3) is 4.56. The van der Waals surface area contributed by atoms with Crippen molar-refractivity contribution in [2.24, 2.45) is 0 Å². The van der Waals surface area contributed by atoms with Crippen LogP contribution in [0.5, 0.6) is 5.75 Å². The molecule has 0 radical (unpaired) electrons. The number of nitrogens with one attached hydrogen (secondary N) is 2. The van der Waals surface area contributed by atoms with E-state index in [1.807, 2.05) is 6.92 Å². The maximum atomic E-state index is 13.0. The minimum atomic E-state index is -1.28. The van der Waals surface area contributed by atoms with E-state index in [4.69, 9.17) is 4.74 Å². The molecule has 1 heterocycles. The van der Waals surface area contributed by atoms with E-state index in [-0.39, 0.29) is 5.91 Å². The zero-order chi connectivity index (χ0) is 23.5. The number of rotatable bonds is 7. The van der Waals surface area contributed by atoms with Crippen molar-refractivity contribution in [1.82, 2.24) is 15.1 Å². The number of amides is 5. The van der Waals surface area contributed by atoms with Crippen molar-refractivity contribution in [3.63, 3.8) is 0 Å². The summed E-state index contributed by atoms with van der Waals surface area (Å²) in [6.45, 7) is 3.55. The normalized spacial score (nSPS) is 17.7. The fourth-order valence-corrected chi connectivity index (χ4v) is 3.39. The molecule has 1 aliphatic rings. The highest BCUT2D eigenvalue weighted by molar-refractivity contribution is 6.10. The van der Waals surface area contributed by atoms with Gasteiger partial charge in [0.1, 0.15) is 17.8 Å². The minimum Gasteiger partial charge on any atom is -0.494 e. The molecule has 2 N–H and O–H groups in total. The maximum absolute atomic E-state index is 13.0. The second-order valence-electron chi connectivity index (χ2n) is 7.73. The minimum absolute atomic E-state index is 0.157. The van der Waals surface area contributed by atoms with Gasteiger partial charge in [-0.3, -0.25) is 19.3 Å². The monoisotopic (exact) mass is 438 g/mol. The van der Waals surface area contributed by atoms with Gasteiger partial charge in [0.25, 0.3) is 11.8 Å². The van der Waals surface area contributed by atoms with Crippen LogP contribution in [0.2, 0.25) is 0 Å². The Hall–Kier alpha value is -3.88. The van der Waals surface area contributed by atoms with E-state index in [1.54, 1.807) is 69.6 Å². The molecule has 3 rings (SSSR count). The Bertz CT molecular complexity index is 1030. The Morgan fingerprint density at radius 2 is 1.69 bits per heavy atom. The van der Waals surface area contributed by atoms with Gasteiger partial charge in [-0.2, -0.15) is 0 Å². The van der Waals surface area contributed by atoms with Crippen molar-refractivity contribution in [3.8, 4) is 5.75 Å². The lowest BCUT2D eigenvalue weighted by Crippen LogP contribution is -2.42. The molecular formula is C23H26N4O5. The predicted molar refractivity (Wildman–Crippen MR) is 118 cm³/mol. The van der Waals surface area contributed by atoms with Crippen LogP contribution in [0.3, 0.4) is 0 Å². The first-order chi connectivity index (χ1) is 15.2. The Labute approximate surface area is 186 Å². The van der Waals surface area contributed by atoms with Crippen molar-refractivity contribution in [2.45, 2.75) is 19.4 Å². The maximum Gasteiger partial charge on any atom is 0.325 e. The Morgan fingerprint density at radius 3 is 2.25 bits per heavy atom. The van der Waals surface area contributed by atoms with Crippen LogP contribution in [0.15, 0.2) is 48.5 Å². The van der Waals surface area contributed by atoms with Gasteiger partial charge < -0.3 is 20.3 Å². The highest BCUT2D eigenvalue weighted by Gasteiger charge is 2.49. The third-order valence-electron chi connectivity index (χ3n) is 5.14. The van der Waals surface area contributed by atoms with Crippen LogP contribution in [0.25, 0.3) is 0 Å². The largest absolute Gasteiger partial charge is 0.494 e. The van der Waals surface area contributed by atoms with Crippen molar-refractivity contribution in [2.75, 3.05) is 32.6 Å². The summed E-state index contributed by atoms with van der Waals surface area (Å²) in [6, 6.07) is 12.6. The van der Waals surface area contributed by atoms with Crippen LogP contribution in [-0.4, -0.2) is 60.8 Å². The van der Waals surface area contributed by atoms with Crippen molar-refractivity contribution in [3.05, 3.63) is 59.7 Å². The fraction of sp³-hybridized carbons (Fsp3) is 0.304. The van der Waals surface area contributed by atoms with Gasteiger partial charge in [-0.05, 0) is 55.8 Å². The van der Waals surface area contributed by atoms with Gasteiger partial charge in [0.05, 0.1) is 6.61 Å². The van der Waals surface area contributed by atoms with Gasteiger partial charge in [-0.15, -0.1) is 0 Å². The Morgan fingerprint density at radius 1 is 1.06 bits per heavy atom. The molecule has 0 aromatic heterocycles. The molecule has 0 bridgehead atoms. The van der Waals surface area contributed by atoms with E-state index in [2.05, 4.69) is 10.6 Å². The van der Waals surface area contributed by atoms with Crippen LogP contribution in [0, 0.1) is 0 Å². The summed E-state index contributed by atoms with van der Waals surface area (Å²) in [5.74, 6) is -0.549. The van der Waals surface area contributed by atoms with E-state index in [0.717, 1.165) is 4.90 Å². The molecule has 2 aromatic carbocycles. The molecule has 9 nitrogen and oxygen atoms in total. The summed E-state index contributed by atoms with van der Waals surface area (Å²) in [5.41, 5.74) is 0.235. The van der Waals surface area contributed by atoms with Crippen molar-refractivity contribution < 1.29 is 23.9 Å². The number of ether oxygens (including phenoxy) is 1. The number of imide groups is 1. The van der Waals surface area contributed by atoms with Gasteiger partial charge in [-0.1, -0.05) is 12.1 Å². The van der Waals surface area contributed by atoms with Gasteiger partial charge in [0.15, 0.2) is 0 Å². The molecule has 0 aliphatic carbocycles. The molecule has 1 saturated heterocycles. The molecule has 1 aliphatic heterocycles. The molecule has 0 spiro atoms. The lowest BCUT2D eigenvalue weighted by Gasteiger charge is -2.22. The number of carbonyl (C=O) groups excluding carboxylic acids is 4. The second kappa shape index (κ2) is 9.09. The summed E-state index contributed by atoms with van der Waals surface area (Å²) in [6.07, 6.45) is 0. The second-order valence-corrected chi connectivity index (χ2v) is 7.73. The van der Waals surface area contributed by atoms with E-state index in [9.17, 15) is 19.2 Å². The first-order valence-electron chi connectivity index (χ1n) is 10.1. The van der Waals surface area contributed by atoms with E-state index < -0.39 is 29.9 Å². The number of hydrogen-bond acceptors (Lipinski definition) is 5. The Balaban J connectivity index is 1.67. The highest BCUT2D eigenvalue weighted by atomic mass is 16.5. The summed E-state index contributed by atoms with van der Waals surface area (Å²) < 4.78 is 5.41. The van der Waals surface area contributed by atoms with Crippen LogP contribution in [0.4, 0.5) is 10.5 Å².